The van der Waals surface area contributed by atoms with Gasteiger partial charge in [0.1, 0.15) is 11.2 Å². The van der Waals surface area contributed by atoms with E-state index in [1.807, 2.05) is 0 Å². The Balaban J connectivity index is 1.99. The van der Waals surface area contributed by atoms with Crippen LogP contribution >= 0.6 is 0 Å². The minimum Gasteiger partial charge on any atom is -0.326 e. The molecule has 1 N–H and O–H groups in total. The summed E-state index contributed by atoms with van der Waals surface area (Å²) in [6, 6.07) is 6.21. The fraction of sp³-hybridized carbons (Fsp3) is 0.188. The highest BCUT2D eigenvalue weighted by molar-refractivity contribution is 5.99. The van der Waals surface area contributed by atoms with Crippen molar-refractivity contribution in [1.82, 2.24) is 14.5 Å². The van der Waals surface area contributed by atoms with E-state index in [0.717, 1.165) is 12.1 Å². The Bertz CT molecular complexity index is 1040. The van der Waals surface area contributed by atoms with E-state index in [4.69, 9.17) is 0 Å². The minimum atomic E-state index is -4.82. The maximum Gasteiger partial charge on any atom is 0.450 e. The number of nitrogens with one attached hydrogen (secondary N) is 1. The first-order valence-corrected chi connectivity index (χ1v) is 7.42. The number of carbonyl (C=O) groups excluding carboxylic acids is 1. The zero-order valence-corrected chi connectivity index (χ0v) is 12.8. The molecule has 5 nitrogen and oxygen atoms in total. The van der Waals surface area contributed by atoms with Crippen LogP contribution < -0.4 is 5.32 Å². The molecule has 0 atom stereocenters. The van der Waals surface area contributed by atoms with Crippen molar-refractivity contribution in [2.45, 2.75) is 19.0 Å². The number of pyridine rings is 1. The molecule has 3 aromatic rings. The van der Waals surface area contributed by atoms with Gasteiger partial charge in [-0.15, -0.1) is 0 Å². The molecule has 3 heterocycles. The number of imidazole rings is 1. The van der Waals surface area contributed by atoms with E-state index in [0.29, 0.717) is 15.8 Å². The van der Waals surface area contributed by atoms with Crippen LogP contribution in [0.2, 0.25) is 0 Å². The fourth-order valence-electron chi connectivity index (χ4n) is 2.88. The maximum atomic E-state index is 13.4. The van der Waals surface area contributed by atoms with Crippen LogP contribution in [0.3, 0.4) is 0 Å². The molecule has 1 aliphatic heterocycles. The van der Waals surface area contributed by atoms with Crippen LogP contribution in [-0.2, 0) is 17.4 Å². The van der Waals surface area contributed by atoms with E-state index < -0.39 is 24.1 Å². The number of carbonyl (C=O) groups is 1. The Kier molecular flexibility index (Phi) is 3.46. The molecule has 4 rings (SSSR count). The van der Waals surface area contributed by atoms with Gasteiger partial charge in [0.25, 0.3) is 6.43 Å². The molecule has 0 saturated heterocycles. The zero-order valence-electron chi connectivity index (χ0n) is 12.8. The highest BCUT2D eigenvalue weighted by atomic mass is 19.4. The number of benzene rings is 1. The predicted octanol–water partition coefficient (Wildman–Crippen LogP) is 3.87. The molecule has 0 radical (unpaired) electrons. The van der Waals surface area contributed by atoms with Gasteiger partial charge in [-0.1, -0.05) is 0 Å². The maximum absolute atomic E-state index is 13.4. The lowest BCUT2D eigenvalue weighted by atomic mass is 10.1. The number of halogens is 5. The standard InChI is InChI=1S/C16H9F5N4O/c17-13(18)10-3-4-11-14(23-10)25(15(24-11)16(19,20)21)8-1-2-9-7(5-8)6-12(26)22-9/h1-5,13H,6H2,(H,22,26). The molecule has 0 fully saturated rings. The molecule has 0 spiro atoms. The largest absolute Gasteiger partial charge is 0.450 e. The molecular weight excluding hydrogens is 359 g/mol. The number of nitrogens with zero attached hydrogens (tertiary/aromatic N) is 3. The second-order valence-corrected chi connectivity index (χ2v) is 5.71. The third kappa shape index (κ3) is 2.57. The van der Waals surface area contributed by atoms with Crippen LogP contribution in [0.5, 0.6) is 0 Å². The minimum absolute atomic E-state index is 0.0207. The van der Waals surface area contributed by atoms with E-state index in [1.165, 1.54) is 18.2 Å². The predicted molar refractivity (Wildman–Crippen MR) is 81.2 cm³/mol. The number of amides is 1. The van der Waals surface area contributed by atoms with Crippen LogP contribution in [0.25, 0.3) is 16.9 Å². The molecule has 2 aromatic heterocycles. The number of alkyl halides is 5. The lowest BCUT2D eigenvalue weighted by molar-refractivity contribution is -0.145. The summed E-state index contributed by atoms with van der Waals surface area (Å²) in [6.07, 6.45) is -7.73. The molecule has 26 heavy (non-hydrogen) atoms. The average molecular weight is 368 g/mol. The molecule has 0 aliphatic carbocycles. The number of hydrogen-bond acceptors (Lipinski definition) is 3. The van der Waals surface area contributed by atoms with Crippen LogP contribution in [0.4, 0.5) is 27.6 Å². The summed E-state index contributed by atoms with van der Waals surface area (Å²) in [6.45, 7) is 0. The van der Waals surface area contributed by atoms with Crippen LogP contribution in [0.15, 0.2) is 30.3 Å². The highest BCUT2D eigenvalue weighted by Crippen LogP contribution is 2.35. The molecule has 0 bridgehead atoms. The van der Waals surface area contributed by atoms with Crippen LogP contribution in [0, 0.1) is 0 Å². The number of aromatic nitrogens is 3. The van der Waals surface area contributed by atoms with Crippen LogP contribution in [-0.4, -0.2) is 20.4 Å². The Labute approximate surface area is 142 Å². The van der Waals surface area contributed by atoms with Gasteiger partial charge in [0.05, 0.1) is 6.42 Å². The Hall–Kier alpha value is -3.04. The van der Waals surface area contributed by atoms with Gasteiger partial charge in [0.2, 0.25) is 11.7 Å². The zero-order chi connectivity index (χ0) is 18.6. The van der Waals surface area contributed by atoms with E-state index in [9.17, 15) is 26.7 Å². The number of fused-ring (bicyclic) bond motifs is 2. The van der Waals surface area contributed by atoms with Crippen molar-refractivity contribution in [3.63, 3.8) is 0 Å². The summed E-state index contributed by atoms with van der Waals surface area (Å²) in [4.78, 5) is 18.6. The van der Waals surface area contributed by atoms with Gasteiger partial charge in [-0.25, -0.2) is 18.7 Å². The summed E-state index contributed by atoms with van der Waals surface area (Å²) in [5.41, 5.74) is -0.0893. The molecule has 0 saturated carbocycles. The first-order valence-electron chi connectivity index (χ1n) is 7.42. The fourth-order valence-corrected chi connectivity index (χ4v) is 2.88. The summed E-state index contributed by atoms with van der Waals surface area (Å²) < 4.78 is 66.9. The smallest absolute Gasteiger partial charge is 0.326 e. The van der Waals surface area contributed by atoms with E-state index in [-0.39, 0.29) is 29.2 Å². The highest BCUT2D eigenvalue weighted by Gasteiger charge is 2.39. The quantitative estimate of drug-likeness (QED) is 0.699. The topological polar surface area (TPSA) is 59.8 Å². The normalized spacial score (nSPS) is 14.2. The first-order chi connectivity index (χ1) is 12.2. The van der Waals surface area contributed by atoms with Crippen molar-refractivity contribution < 1.29 is 26.7 Å². The molecule has 1 amide bonds. The third-order valence-corrected chi connectivity index (χ3v) is 3.98. The monoisotopic (exact) mass is 368 g/mol. The summed E-state index contributed by atoms with van der Waals surface area (Å²) in [5.74, 6) is -1.55. The lowest BCUT2D eigenvalue weighted by Crippen LogP contribution is -2.14. The van der Waals surface area contributed by atoms with Gasteiger partial charge in [0, 0.05) is 11.4 Å². The van der Waals surface area contributed by atoms with Crippen molar-refractivity contribution in [1.29, 1.82) is 0 Å². The summed E-state index contributed by atoms with van der Waals surface area (Å²) in [5, 5.41) is 2.58. The summed E-state index contributed by atoms with van der Waals surface area (Å²) in [7, 11) is 0. The average Bonchev–Trinajstić information content (AvgIpc) is 3.12. The molecule has 0 unspecified atom stereocenters. The number of anilines is 1. The Morgan fingerprint density at radius 2 is 1.88 bits per heavy atom. The van der Waals surface area contributed by atoms with E-state index in [2.05, 4.69) is 15.3 Å². The number of rotatable bonds is 2. The second kappa shape index (κ2) is 5.48. The molecule has 10 heteroatoms. The summed E-state index contributed by atoms with van der Waals surface area (Å²) >= 11 is 0. The number of hydrogen-bond donors (Lipinski definition) is 1. The van der Waals surface area contributed by atoms with E-state index >= 15 is 0 Å². The SMILES string of the molecule is O=C1Cc2cc(-n3c(C(F)(F)F)nc4ccc(C(F)F)nc43)ccc2N1. The Morgan fingerprint density at radius 1 is 1.12 bits per heavy atom. The third-order valence-electron chi connectivity index (χ3n) is 3.98. The van der Waals surface area contributed by atoms with Crippen LogP contribution in [0.1, 0.15) is 23.5 Å². The molecule has 1 aromatic carbocycles. The van der Waals surface area contributed by atoms with Gasteiger partial charge >= 0.3 is 6.18 Å². The van der Waals surface area contributed by atoms with Crippen molar-refractivity contribution in [3.8, 4) is 5.69 Å². The van der Waals surface area contributed by atoms with Gasteiger partial charge in [-0.05, 0) is 35.9 Å². The molecule has 134 valence electrons. The second-order valence-electron chi connectivity index (χ2n) is 5.71. The van der Waals surface area contributed by atoms with Gasteiger partial charge in [0.15, 0.2) is 5.65 Å². The van der Waals surface area contributed by atoms with E-state index in [1.54, 1.807) is 0 Å². The lowest BCUT2D eigenvalue weighted by Gasteiger charge is -2.12. The van der Waals surface area contributed by atoms with Crippen molar-refractivity contribution in [2.24, 2.45) is 0 Å². The van der Waals surface area contributed by atoms with Gasteiger partial charge in [-0.3, -0.25) is 9.36 Å². The van der Waals surface area contributed by atoms with Crippen molar-refractivity contribution >= 4 is 22.8 Å². The first kappa shape index (κ1) is 16.4. The van der Waals surface area contributed by atoms with Gasteiger partial charge in [-0.2, -0.15) is 13.2 Å². The molecule has 1 aliphatic rings. The Morgan fingerprint density at radius 3 is 2.58 bits per heavy atom. The molecular formula is C16H9F5N4O. The van der Waals surface area contributed by atoms with Gasteiger partial charge < -0.3 is 5.32 Å². The van der Waals surface area contributed by atoms with Crippen molar-refractivity contribution in [2.75, 3.05) is 5.32 Å². The van der Waals surface area contributed by atoms with Crippen molar-refractivity contribution in [3.05, 3.63) is 47.4 Å².